The summed E-state index contributed by atoms with van der Waals surface area (Å²) in [5.74, 6) is 0.920. The first-order valence-corrected chi connectivity index (χ1v) is 7.85. The largest absolute Gasteiger partial charge is 0.494 e. The summed E-state index contributed by atoms with van der Waals surface area (Å²) in [6, 6.07) is 17.4. The van der Waals surface area contributed by atoms with E-state index in [1.54, 1.807) is 0 Å². The minimum Gasteiger partial charge on any atom is -0.494 e. The van der Waals surface area contributed by atoms with Crippen LogP contribution in [-0.4, -0.2) is 6.61 Å². The molecule has 0 radical (unpaired) electrons. The van der Waals surface area contributed by atoms with Crippen LogP contribution in [0, 0.1) is 0 Å². The summed E-state index contributed by atoms with van der Waals surface area (Å²) >= 11 is 0. The molecule has 0 aliphatic heterocycles. The van der Waals surface area contributed by atoms with Crippen molar-refractivity contribution in [1.29, 1.82) is 0 Å². The summed E-state index contributed by atoms with van der Waals surface area (Å²) in [5.41, 5.74) is 3.85. The molecule has 0 saturated heterocycles. The van der Waals surface area contributed by atoms with E-state index in [4.69, 9.17) is 4.74 Å². The third-order valence-corrected chi connectivity index (χ3v) is 3.70. The molecule has 0 aromatic heterocycles. The van der Waals surface area contributed by atoms with Crippen LogP contribution in [-0.2, 0) is 6.42 Å². The minimum atomic E-state index is 0.342. The van der Waals surface area contributed by atoms with Gasteiger partial charge in [0, 0.05) is 5.69 Å². The van der Waals surface area contributed by atoms with E-state index in [2.05, 4.69) is 55.6 Å². The lowest BCUT2D eigenvalue weighted by atomic mass is 10.0. The predicted molar refractivity (Wildman–Crippen MR) is 90.1 cm³/mol. The Hall–Kier alpha value is -1.96. The van der Waals surface area contributed by atoms with Gasteiger partial charge in [0.2, 0.25) is 0 Å². The highest BCUT2D eigenvalue weighted by Crippen LogP contribution is 2.24. The Morgan fingerprint density at radius 1 is 0.905 bits per heavy atom. The first kappa shape index (κ1) is 15.4. The van der Waals surface area contributed by atoms with Crippen LogP contribution in [0.2, 0.25) is 0 Å². The quantitative estimate of drug-likeness (QED) is 0.753. The van der Waals surface area contributed by atoms with Gasteiger partial charge in [-0.15, -0.1) is 0 Å². The molecule has 0 amide bonds. The van der Waals surface area contributed by atoms with Gasteiger partial charge in [-0.1, -0.05) is 38.1 Å². The maximum absolute atomic E-state index is 5.47. The number of hydrogen-bond donors (Lipinski definition) is 1. The Morgan fingerprint density at radius 2 is 1.57 bits per heavy atom. The van der Waals surface area contributed by atoms with Crippen molar-refractivity contribution >= 4 is 5.69 Å². The maximum atomic E-state index is 5.47. The smallest absolute Gasteiger partial charge is 0.119 e. The van der Waals surface area contributed by atoms with E-state index in [-0.39, 0.29) is 0 Å². The Labute approximate surface area is 128 Å². The van der Waals surface area contributed by atoms with E-state index < -0.39 is 0 Å². The number of anilines is 1. The zero-order valence-corrected chi connectivity index (χ0v) is 13.2. The van der Waals surface area contributed by atoms with Crippen molar-refractivity contribution in [2.24, 2.45) is 0 Å². The van der Waals surface area contributed by atoms with Gasteiger partial charge >= 0.3 is 0 Å². The number of benzene rings is 2. The molecular weight excluding hydrogens is 258 g/mol. The van der Waals surface area contributed by atoms with Crippen LogP contribution in [0.4, 0.5) is 5.69 Å². The monoisotopic (exact) mass is 283 g/mol. The Morgan fingerprint density at radius 3 is 2.10 bits per heavy atom. The molecule has 0 aliphatic rings. The third kappa shape index (κ3) is 4.25. The van der Waals surface area contributed by atoms with Crippen LogP contribution in [0.1, 0.15) is 44.4 Å². The maximum Gasteiger partial charge on any atom is 0.119 e. The molecule has 2 rings (SSSR count). The molecule has 1 N–H and O–H groups in total. The van der Waals surface area contributed by atoms with Crippen molar-refractivity contribution in [2.45, 2.75) is 39.7 Å². The van der Waals surface area contributed by atoms with Crippen LogP contribution in [0.3, 0.4) is 0 Å². The van der Waals surface area contributed by atoms with Gasteiger partial charge < -0.3 is 10.1 Å². The summed E-state index contributed by atoms with van der Waals surface area (Å²) in [6.07, 6.45) is 2.14. The van der Waals surface area contributed by atoms with Crippen LogP contribution >= 0.6 is 0 Å². The van der Waals surface area contributed by atoms with Gasteiger partial charge in [0.1, 0.15) is 5.75 Å². The number of nitrogens with one attached hydrogen (secondary N) is 1. The molecule has 0 bridgehead atoms. The minimum absolute atomic E-state index is 0.342. The standard InChI is InChI=1S/C19H25NO/c1-4-15-7-9-16(10-8-15)19(5-2)20-17-11-13-18(14-12-17)21-6-3/h7-14,19-20H,4-6H2,1-3H3. The molecule has 2 aromatic rings. The lowest BCUT2D eigenvalue weighted by Gasteiger charge is -2.19. The summed E-state index contributed by atoms with van der Waals surface area (Å²) < 4.78 is 5.47. The van der Waals surface area contributed by atoms with Crippen molar-refractivity contribution < 1.29 is 4.74 Å². The molecule has 2 heteroatoms. The Kier molecular flexibility index (Phi) is 5.68. The second-order valence-corrected chi connectivity index (χ2v) is 5.16. The van der Waals surface area contributed by atoms with E-state index in [1.807, 2.05) is 19.1 Å². The van der Waals surface area contributed by atoms with E-state index in [0.717, 1.165) is 24.3 Å². The normalized spacial score (nSPS) is 12.0. The number of rotatable bonds is 7. The molecule has 0 aliphatic carbocycles. The first-order chi connectivity index (χ1) is 10.3. The Balaban J connectivity index is 2.06. The van der Waals surface area contributed by atoms with Crippen molar-refractivity contribution in [2.75, 3.05) is 11.9 Å². The number of hydrogen-bond acceptors (Lipinski definition) is 2. The third-order valence-electron chi connectivity index (χ3n) is 3.70. The van der Waals surface area contributed by atoms with Gasteiger partial charge in [-0.3, -0.25) is 0 Å². The highest BCUT2D eigenvalue weighted by molar-refractivity contribution is 5.48. The van der Waals surface area contributed by atoms with Crippen molar-refractivity contribution in [3.63, 3.8) is 0 Å². The fourth-order valence-corrected chi connectivity index (χ4v) is 2.42. The Bertz CT molecular complexity index is 530. The first-order valence-electron chi connectivity index (χ1n) is 7.85. The van der Waals surface area contributed by atoms with Crippen LogP contribution < -0.4 is 10.1 Å². The molecule has 1 unspecified atom stereocenters. The summed E-state index contributed by atoms with van der Waals surface area (Å²) in [6.45, 7) is 7.10. The SMILES string of the molecule is CCOc1ccc(NC(CC)c2ccc(CC)cc2)cc1. The lowest BCUT2D eigenvalue weighted by molar-refractivity contribution is 0.340. The second kappa shape index (κ2) is 7.72. The zero-order chi connectivity index (χ0) is 15.1. The van der Waals surface area contributed by atoms with Gasteiger partial charge in [0.25, 0.3) is 0 Å². The molecule has 2 nitrogen and oxygen atoms in total. The van der Waals surface area contributed by atoms with E-state index in [0.29, 0.717) is 12.6 Å². The number of aryl methyl sites for hydroxylation is 1. The molecule has 2 aromatic carbocycles. The summed E-state index contributed by atoms with van der Waals surface area (Å²) in [5, 5.41) is 3.60. The highest BCUT2D eigenvalue weighted by atomic mass is 16.5. The second-order valence-electron chi connectivity index (χ2n) is 5.16. The summed E-state index contributed by atoms with van der Waals surface area (Å²) in [4.78, 5) is 0. The van der Waals surface area contributed by atoms with Crippen molar-refractivity contribution in [1.82, 2.24) is 0 Å². The zero-order valence-electron chi connectivity index (χ0n) is 13.2. The van der Waals surface area contributed by atoms with Crippen molar-refractivity contribution in [3.05, 3.63) is 59.7 Å². The fraction of sp³-hybridized carbons (Fsp3) is 0.368. The fourth-order valence-electron chi connectivity index (χ4n) is 2.42. The van der Waals surface area contributed by atoms with Gasteiger partial charge in [-0.2, -0.15) is 0 Å². The topological polar surface area (TPSA) is 21.3 Å². The van der Waals surface area contributed by atoms with Crippen LogP contribution in [0.5, 0.6) is 5.75 Å². The molecule has 0 fully saturated rings. The van der Waals surface area contributed by atoms with E-state index in [1.165, 1.54) is 11.1 Å². The van der Waals surface area contributed by atoms with E-state index >= 15 is 0 Å². The predicted octanol–water partition coefficient (Wildman–Crippen LogP) is 5.21. The van der Waals surface area contributed by atoms with Gasteiger partial charge in [-0.25, -0.2) is 0 Å². The van der Waals surface area contributed by atoms with Crippen LogP contribution in [0.15, 0.2) is 48.5 Å². The van der Waals surface area contributed by atoms with E-state index in [9.17, 15) is 0 Å². The number of ether oxygens (including phenoxy) is 1. The molecule has 21 heavy (non-hydrogen) atoms. The molecule has 0 spiro atoms. The average molecular weight is 283 g/mol. The summed E-state index contributed by atoms with van der Waals surface area (Å²) in [7, 11) is 0. The molecule has 0 saturated carbocycles. The lowest BCUT2D eigenvalue weighted by Crippen LogP contribution is -2.09. The molecule has 0 heterocycles. The van der Waals surface area contributed by atoms with Gasteiger partial charge in [-0.05, 0) is 55.2 Å². The van der Waals surface area contributed by atoms with Gasteiger partial charge in [0.05, 0.1) is 12.6 Å². The molecular formula is C19H25NO. The van der Waals surface area contributed by atoms with Crippen LogP contribution in [0.25, 0.3) is 0 Å². The molecule has 112 valence electrons. The van der Waals surface area contributed by atoms with Gasteiger partial charge in [0.15, 0.2) is 0 Å². The van der Waals surface area contributed by atoms with Crippen molar-refractivity contribution in [3.8, 4) is 5.75 Å². The molecule has 1 atom stereocenters. The highest BCUT2D eigenvalue weighted by Gasteiger charge is 2.09. The average Bonchev–Trinajstić information content (AvgIpc) is 2.54.